The van der Waals surface area contributed by atoms with Gasteiger partial charge in [-0.25, -0.2) is 9.67 Å². The lowest BCUT2D eigenvalue weighted by Crippen LogP contribution is -2.01. The number of para-hydroxylation sites is 2. The van der Waals surface area contributed by atoms with Crippen molar-refractivity contribution >= 4 is 0 Å². The summed E-state index contributed by atoms with van der Waals surface area (Å²) >= 11 is 0. The SMILES string of the molecule is CCCc1nc2n(n1)-c1ccccc1OCC2. The first-order valence-electron chi connectivity index (χ1n) is 6.05. The van der Waals surface area contributed by atoms with Gasteiger partial charge < -0.3 is 4.74 Å². The second kappa shape index (κ2) is 4.20. The van der Waals surface area contributed by atoms with E-state index in [9.17, 15) is 0 Å². The van der Waals surface area contributed by atoms with Crippen LogP contribution in [0.4, 0.5) is 0 Å². The highest BCUT2D eigenvalue weighted by Crippen LogP contribution is 2.25. The molecule has 0 unspecified atom stereocenters. The molecule has 17 heavy (non-hydrogen) atoms. The van der Waals surface area contributed by atoms with Gasteiger partial charge in [0.05, 0.1) is 6.61 Å². The van der Waals surface area contributed by atoms with E-state index < -0.39 is 0 Å². The molecule has 1 aromatic heterocycles. The number of aromatic nitrogens is 3. The van der Waals surface area contributed by atoms with E-state index >= 15 is 0 Å². The van der Waals surface area contributed by atoms with Crippen molar-refractivity contribution in [2.24, 2.45) is 0 Å². The quantitative estimate of drug-likeness (QED) is 0.792. The second-order valence-corrected chi connectivity index (χ2v) is 4.17. The Labute approximate surface area is 100 Å². The number of benzene rings is 1. The summed E-state index contributed by atoms with van der Waals surface area (Å²) < 4.78 is 7.61. The second-order valence-electron chi connectivity index (χ2n) is 4.17. The van der Waals surface area contributed by atoms with Crippen molar-refractivity contribution in [2.75, 3.05) is 6.61 Å². The summed E-state index contributed by atoms with van der Waals surface area (Å²) in [6.45, 7) is 2.81. The number of nitrogens with zero attached hydrogens (tertiary/aromatic N) is 3. The summed E-state index contributed by atoms with van der Waals surface area (Å²) in [6, 6.07) is 7.98. The van der Waals surface area contributed by atoms with Gasteiger partial charge in [0.2, 0.25) is 0 Å². The smallest absolute Gasteiger partial charge is 0.151 e. The zero-order valence-corrected chi connectivity index (χ0v) is 9.89. The molecule has 0 saturated carbocycles. The van der Waals surface area contributed by atoms with Crippen LogP contribution in [-0.2, 0) is 12.8 Å². The van der Waals surface area contributed by atoms with E-state index in [2.05, 4.69) is 17.0 Å². The summed E-state index contributed by atoms with van der Waals surface area (Å²) in [5, 5.41) is 4.57. The van der Waals surface area contributed by atoms with Gasteiger partial charge in [-0.1, -0.05) is 19.1 Å². The van der Waals surface area contributed by atoms with Crippen molar-refractivity contribution in [3.05, 3.63) is 35.9 Å². The van der Waals surface area contributed by atoms with Crippen LogP contribution in [0.25, 0.3) is 5.69 Å². The maximum Gasteiger partial charge on any atom is 0.151 e. The molecule has 3 rings (SSSR count). The minimum Gasteiger partial charge on any atom is -0.491 e. The normalized spacial score (nSPS) is 13.5. The minimum absolute atomic E-state index is 0.668. The molecular weight excluding hydrogens is 214 g/mol. The Hall–Kier alpha value is -1.84. The molecule has 0 N–H and O–H groups in total. The van der Waals surface area contributed by atoms with Gasteiger partial charge in [-0.15, -0.1) is 0 Å². The maximum atomic E-state index is 5.69. The standard InChI is InChI=1S/C13H15N3O/c1-2-5-12-14-13-8-9-17-11-7-4-3-6-10(11)16(13)15-12/h3-4,6-7H,2,5,8-9H2,1H3. The zero-order chi connectivity index (χ0) is 11.7. The number of aryl methyl sites for hydroxylation is 1. The van der Waals surface area contributed by atoms with Crippen LogP contribution in [0.1, 0.15) is 25.0 Å². The molecule has 0 bridgehead atoms. The molecule has 0 atom stereocenters. The Bertz CT molecular complexity index is 533. The van der Waals surface area contributed by atoms with E-state index in [0.717, 1.165) is 42.3 Å². The number of fused-ring (bicyclic) bond motifs is 3. The zero-order valence-electron chi connectivity index (χ0n) is 9.89. The van der Waals surface area contributed by atoms with E-state index in [0.29, 0.717) is 6.61 Å². The van der Waals surface area contributed by atoms with Crippen molar-refractivity contribution in [1.82, 2.24) is 14.8 Å². The molecular formula is C13H15N3O. The fraction of sp³-hybridized carbons (Fsp3) is 0.385. The molecule has 1 aliphatic heterocycles. The molecule has 1 aliphatic rings. The average molecular weight is 229 g/mol. The first-order chi connectivity index (χ1) is 8.38. The lowest BCUT2D eigenvalue weighted by molar-refractivity contribution is 0.325. The third-order valence-corrected chi connectivity index (χ3v) is 2.87. The topological polar surface area (TPSA) is 39.9 Å². The fourth-order valence-corrected chi connectivity index (χ4v) is 2.08. The Kier molecular flexibility index (Phi) is 2.55. The maximum absolute atomic E-state index is 5.69. The van der Waals surface area contributed by atoms with Gasteiger partial charge in [-0.2, -0.15) is 5.10 Å². The molecule has 4 heteroatoms. The van der Waals surface area contributed by atoms with Crippen molar-refractivity contribution in [3.8, 4) is 11.4 Å². The highest BCUT2D eigenvalue weighted by atomic mass is 16.5. The molecule has 0 amide bonds. The molecule has 0 fully saturated rings. The summed E-state index contributed by atoms with van der Waals surface area (Å²) in [4.78, 5) is 4.57. The van der Waals surface area contributed by atoms with Gasteiger partial charge in [0.15, 0.2) is 5.82 Å². The third-order valence-electron chi connectivity index (χ3n) is 2.87. The Morgan fingerprint density at radius 3 is 3.12 bits per heavy atom. The molecule has 0 aliphatic carbocycles. The van der Waals surface area contributed by atoms with Crippen molar-refractivity contribution in [2.45, 2.75) is 26.2 Å². The van der Waals surface area contributed by atoms with Gasteiger partial charge >= 0.3 is 0 Å². The Morgan fingerprint density at radius 2 is 2.24 bits per heavy atom. The first-order valence-corrected chi connectivity index (χ1v) is 6.05. The van der Waals surface area contributed by atoms with Crippen molar-refractivity contribution < 1.29 is 4.74 Å². The summed E-state index contributed by atoms with van der Waals surface area (Å²) in [6.07, 6.45) is 2.82. The van der Waals surface area contributed by atoms with E-state index in [1.165, 1.54) is 0 Å². The highest BCUT2D eigenvalue weighted by Gasteiger charge is 2.17. The lowest BCUT2D eigenvalue weighted by Gasteiger charge is -2.06. The van der Waals surface area contributed by atoms with Crippen LogP contribution in [0.2, 0.25) is 0 Å². The summed E-state index contributed by atoms with van der Waals surface area (Å²) in [7, 11) is 0. The van der Waals surface area contributed by atoms with E-state index in [1.807, 2.05) is 28.9 Å². The number of hydrogen-bond acceptors (Lipinski definition) is 3. The molecule has 0 radical (unpaired) electrons. The Balaban J connectivity index is 2.11. The average Bonchev–Trinajstić information content (AvgIpc) is 2.66. The molecule has 1 aromatic carbocycles. The van der Waals surface area contributed by atoms with Gasteiger partial charge in [0.25, 0.3) is 0 Å². The predicted molar refractivity (Wildman–Crippen MR) is 64.6 cm³/mol. The molecule has 0 spiro atoms. The van der Waals surface area contributed by atoms with Crippen LogP contribution in [0.15, 0.2) is 24.3 Å². The van der Waals surface area contributed by atoms with Crippen molar-refractivity contribution in [1.29, 1.82) is 0 Å². The molecule has 0 saturated heterocycles. The number of hydrogen-bond donors (Lipinski definition) is 0. The van der Waals surface area contributed by atoms with Gasteiger partial charge in [-0.05, 0) is 18.6 Å². The van der Waals surface area contributed by atoms with Crippen LogP contribution in [-0.4, -0.2) is 21.4 Å². The summed E-state index contributed by atoms with van der Waals surface area (Å²) in [5.41, 5.74) is 0.995. The van der Waals surface area contributed by atoms with Gasteiger partial charge in [-0.3, -0.25) is 0 Å². The highest BCUT2D eigenvalue weighted by molar-refractivity contribution is 5.47. The predicted octanol–water partition coefficient (Wildman–Crippen LogP) is 2.15. The van der Waals surface area contributed by atoms with Crippen LogP contribution in [0.3, 0.4) is 0 Å². The minimum atomic E-state index is 0.668. The van der Waals surface area contributed by atoms with E-state index in [4.69, 9.17) is 4.74 Å². The van der Waals surface area contributed by atoms with E-state index in [-0.39, 0.29) is 0 Å². The van der Waals surface area contributed by atoms with Gasteiger partial charge in [0.1, 0.15) is 17.3 Å². The first kappa shape index (κ1) is 10.3. The third kappa shape index (κ3) is 1.79. The fourth-order valence-electron chi connectivity index (χ4n) is 2.08. The van der Waals surface area contributed by atoms with Crippen LogP contribution in [0.5, 0.6) is 5.75 Å². The largest absolute Gasteiger partial charge is 0.491 e. The molecule has 2 heterocycles. The Morgan fingerprint density at radius 1 is 1.35 bits per heavy atom. The van der Waals surface area contributed by atoms with Crippen LogP contribution < -0.4 is 4.74 Å². The van der Waals surface area contributed by atoms with Crippen LogP contribution in [0, 0.1) is 0 Å². The van der Waals surface area contributed by atoms with E-state index in [1.54, 1.807) is 0 Å². The molecule has 4 nitrogen and oxygen atoms in total. The number of rotatable bonds is 2. The lowest BCUT2D eigenvalue weighted by atomic mass is 10.3. The van der Waals surface area contributed by atoms with Gasteiger partial charge in [0, 0.05) is 12.8 Å². The molecule has 88 valence electrons. The summed E-state index contributed by atoms with van der Waals surface area (Å²) in [5.74, 6) is 2.82. The monoisotopic (exact) mass is 229 g/mol. The van der Waals surface area contributed by atoms with Crippen LogP contribution >= 0.6 is 0 Å². The van der Waals surface area contributed by atoms with Crippen molar-refractivity contribution in [3.63, 3.8) is 0 Å². The number of ether oxygens (including phenoxy) is 1. The molecule has 2 aromatic rings.